The molecule has 0 bridgehead atoms. The number of aliphatic hydroxyl groups is 3. The summed E-state index contributed by atoms with van der Waals surface area (Å²) in [5, 5.41) is 30.9. The molecule has 3 nitrogen and oxygen atoms in total. The van der Waals surface area contributed by atoms with Crippen LogP contribution >= 0.6 is 0 Å². The SMILES string of the molecule is C/C1=C\C[C@@H](O)/C(C)=C/[C@H](O)C[C@@](C)(O)/C=C/[C@H](C(C)C)CC1. The molecule has 0 radical (unpaired) electrons. The molecular formula is C20H34O3. The first kappa shape index (κ1) is 20.1. The van der Waals surface area contributed by atoms with Crippen LogP contribution in [0.2, 0.25) is 0 Å². The molecular weight excluding hydrogens is 288 g/mol. The Hall–Kier alpha value is -0.900. The van der Waals surface area contributed by atoms with E-state index in [4.69, 9.17) is 0 Å². The minimum Gasteiger partial charge on any atom is -0.389 e. The lowest BCUT2D eigenvalue weighted by Gasteiger charge is -2.24. The lowest BCUT2D eigenvalue weighted by Crippen LogP contribution is -2.28. The largest absolute Gasteiger partial charge is 0.389 e. The second-order valence-corrected chi connectivity index (χ2v) is 7.65. The second kappa shape index (κ2) is 8.81. The lowest BCUT2D eigenvalue weighted by atomic mass is 9.86. The van der Waals surface area contributed by atoms with Gasteiger partial charge in [0, 0.05) is 6.42 Å². The minimum absolute atomic E-state index is 0.229. The van der Waals surface area contributed by atoms with Gasteiger partial charge in [-0.05, 0) is 57.4 Å². The van der Waals surface area contributed by atoms with Crippen LogP contribution in [0, 0.1) is 11.8 Å². The van der Waals surface area contributed by atoms with Crippen molar-refractivity contribution in [2.24, 2.45) is 11.8 Å². The average molecular weight is 322 g/mol. The van der Waals surface area contributed by atoms with Gasteiger partial charge in [0.2, 0.25) is 0 Å². The smallest absolute Gasteiger partial charge is 0.0827 e. The summed E-state index contributed by atoms with van der Waals surface area (Å²) in [5.74, 6) is 0.896. The molecule has 1 aliphatic rings. The molecule has 0 saturated heterocycles. The van der Waals surface area contributed by atoms with E-state index >= 15 is 0 Å². The van der Waals surface area contributed by atoms with Gasteiger partial charge in [-0.2, -0.15) is 0 Å². The molecule has 132 valence electrons. The molecule has 0 aromatic carbocycles. The topological polar surface area (TPSA) is 60.7 Å². The van der Waals surface area contributed by atoms with E-state index in [1.807, 2.05) is 13.0 Å². The maximum Gasteiger partial charge on any atom is 0.0827 e. The van der Waals surface area contributed by atoms with Crippen LogP contribution in [0.3, 0.4) is 0 Å². The van der Waals surface area contributed by atoms with Gasteiger partial charge in [-0.15, -0.1) is 0 Å². The van der Waals surface area contributed by atoms with E-state index in [2.05, 4.69) is 32.9 Å². The Balaban J connectivity index is 3.05. The highest BCUT2D eigenvalue weighted by atomic mass is 16.3. The van der Waals surface area contributed by atoms with Crippen LogP contribution in [0.4, 0.5) is 0 Å². The van der Waals surface area contributed by atoms with Gasteiger partial charge in [0.25, 0.3) is 0 Å². The summed E-state index contributed by atoms with van der Waals surface area (Å²) in [7, 11) is 0. The molecule has 0 aromatic heterocycles. The van der Waals surface area contributed by atoms with E-state index in [-0.39, 0.29) is 6.42 Å². The number of hydrogen-bond acceptors (Lipinski definition) is 3. The van der Waals surface area contributed by atoms with E-state index < -0.39 is 17.8 Å². The Morgan fingerprint density at radius 3 is 2.48 bits per heavy atom. The molecule has 23 heavy (non-hydrogen) atoms. The normalized spacial score (nSPS) is 40.7. The molecule has 0 aromatic rings. The van der Waals surface area contributed by atoms with E-state index in [0.717, 1.165) is 18.4 Å². The third kappa shape index (κ3) is 7.47. The lowest BCUT2D eigenvalue weighted by molar-refractivity contribution is 0.0559. The van der Waals surface area contributed by atoms with Gasteiger partial charge in [0.1, 0.15) is 0 Å². The van der Waals surface area contributed by atoms with Crippen LogP contribution in [0.1, 0.15) is 60.3 Å². The quantitative estimate of drug-likeness (QED) is 0.644. The van der Waals surface area contributed by atoms with Crippen molar-refractivity contribution >= 4 is 0 Å². The van der Waals surface area contributed by atoms with Crippen molar-refractivity contribution in [3.05, 3.63) is 35.5 Å². The predicted octanol–water partition coefficient (Wildman–Crippen LogP) is 3.75. The van der Waals surface area contributed by atoms with Gasteiger partial charge in [0.15, 0.2) is 0 Å². The van der Waals surface area contributed by atoms with Gasteiger partial charge in [-0.3, -0.25) is 0 Å². The van der Waals surface area contributed by atoms with E-state index in [1.54, 1.807) is 13.0 Å². The van der Waals surface area contributed by atoms with Gasteiger partial charge in [-0.1, -0.05) is 43.7 Å². The van der Waals surface area contributed by atoms with Crippen LogP contribution in [0.25, 0.3) is 0 Å². The highest BCUT2D eigenvalue weighted by Crippen LogP contribution is 2.25. The first-order chi connectivity index (χ1) is 10.6. The van der Waals surface area contributed by atoms with Crippen LogP contribution in [0.15, 0.2) is 35.5 Å². The summed E-state index contributed by atoms with van der Waals surface area (Å²) in [4.78, 5) is 0. The van der Waals surface area contributed by atoms with Crippen LogP contribution in [-0.4, -0.2) is 33.1 Å². The zero-order chi connectivity index (χ0) is 17.6. The second-order valence-electron chi connectivity index (χ2n) is 7.65. The molecule has 3 N–H and O–H groups in total. The van der Waals surface area contributed by atoms with Crippen molar-refractivity contribution in [1.82, 2.24) is 0 Å². The molecule has 0 saturated carbocycles. The molecule has 1 rings (SSSR count). The standard InChI is InChI=1S/C20H34O3/c1-14(2)17-8-6-15(3)7-9-19(22)16(4)12-18(21)13-20(5,23)11-10-17/h7,10-12,14,17-19,21-23H,6,8-9,13H2,1-5H3/b11-10+,15-7+,16-12+/t17-,18+,19-,20+/m1/s1. The van der Waals surface area contributed by atoms with Crippen molar-refractivity contribution < 1.29 is 15.3 Å². The Bertz CT molecular complexity index is 458. The Morgan fingerprint density at radius 1 is 1.22 bits per heavy atom. The van der Waals surface area contributed by atoms with Crippen LogP contribution in [0.5, 0.6) is 0 Å². The summed E-state index contributed by atoms with van der Waals surface area (Å²) in [6.45, 7) is 10.0. The van der Waals surface area contributed by atoms with E-state index in [9.17, 15) is 15.3 Å². The van der Waals surface area contributed by atoms with E-state index in [0.29, 0.717) is 18.3 Å². The Kier molecular flexibility index (Phi) is 7.72. The fraction of sp³-hybridized carbons (Fsp3) is 0.700. The Morgan fingerprint density at radius 2 is 1.87 bits per heavy atom. The predicted molar refractivity (Wildman–Crippen MR) is 96.1 cm³/mol. The summed E-state index contributed by atoms with van der Waals surface area (Å²) >= 11 is 0. The molecule has 1 aliphatic carbocycles. The van der Waals surface area contributed by atoms with Crippen molar-refractivity contribution in [3.8, 4) is 0 Å². The van der Waals surface area contributed by atoms with Gasteiger partial charge >= 0.3 is 0 Å². The third-order valence-electron chi connectivity index (χ3n) is 4.72. The van der Waals surface area contributed by atoms with Crippen LogP contribution in [-0.2, 0) is 0 Å². The third-order valence-corrected chi connectivity index (χ3v) is 4.72. The zero-order valence-electron chi connectivity index (χ0n) is 15.3. The Labute approximate surface area is 141 Å². The summed E-state index contributed by atoms with van der Waals surface area (Å²) < 4.78 is 0. The zero-order valence-corrected chi connectivity index (χ0v) is 15.3. The maximum absolute atomic E-state index is 10.5. The monoisotopic (exact) mass is 322 g/mol. The number of hydrogen-bond donors (Lipinski definition) is 3. The molecule has 0 heterocycles. The molecule has 0 aliphatic heterocycles. The van der Waals surface area contributed by atoms with Crippen molar-refractivity contribution in [1.29, 1.82) is 0 Å². The molecule has 0 spiro atoms. The number of aliphatic hydroxyl groups excluding tert-OH is 2. The van der Waals surface area contributed by atoms with Crippen molar-refractivity contribution in [2.45, 2.75) is 78.1 Å². The van der Waals surface area contributed by atoms with Gasteiger partial charge in [0.05, 0.1) is 17.8 Å². The fourth-order valence-electron chi connectivity index (χ4n) is 2.94. The fourth-order valence-corrected chi connectivity index (χ4v) is 2.94. The molecule has 0 fully saturated rings. The molecule has 3 heteroatoms. The maximum atomic E-state index is 10.5. The summed E-state index contributed by atoms with van der Waals surface area (Å²) in [6.07, 6.45) is 9.14. The van der Waals surface area contributed by atoms with Crippen molar-refractivity contribution in [3.63, 3.8) is 0 Å². The van der Waals surface area contributed by atoms with Crippen molar-refractivity contribution in [2.75, 3.05) is 0 Å². The number of rotatable bonds is 1. The summed E-state index contributed by atoms with van der Waals surface area (Å²) in [6, 6.07) is 0. The van der Waals surface area contributed by atoms with Gasteiger partial charge < -0.3 is 15.3 Å². The first-order valence-corrected chi connectivity index (χ1v) is 8.72. The highest BCUT2D eigenvalue weighted by molar-refractivity contribution is 5.13. The first-order valence-electron chi connectivity index (χ1n) is 8.72. The molecule has 0 amide bonds. The molecule has 4 atom stereocenters. The number of allylic oxidation sites excluding steroid dienone is 2. The van der Waals surface area contributed by atoms with E-state index in [1.165, 1.54) is 5.57 Å². The minimum atomic E-state index is -1.05. The van der Waals surface area contributed by atoms with Crippen LogP contribution < -0.4 is 0 Å². The molecule has 0 unspecified atom stereocenters. The highest BCUT2D eigenvalue weighted by Gasteiger charge is 2.22. The van der Waals surface area contributed by atoms with Gasteiger partial charge in [-0.25, -0.2) is 0 Å². The summed E-state index contributed by atoms with van der Waals surface area (Å²) in [5.41, 5.74) is 0.974. The average Bonchev–Trinajstić information content (AvgIpc) is 2.42.